The predicted octanol–water partition coefficient (Wildman–Crippen LogP) is 4.05. The summed E-state index contributed by atoms with van der Waals surface area (Å²) in [5, 5.41) is 0. The molecule has 0 saturated heterocycles. The fourth-order valence-electron chi connectivity index (χ4n) is 1.88. The van der Waals surface area contributed by atoms with Crippen LogP contribution < -0.4 is 4.74 Å². The van der Waals surface area contributed by atoms with Crippen molar-refractivity contribution < 1.29 is 4.74 Å². The minimum Gasteiger partial charge on any atom is -0.494 e. The quantitative estimate of drug-likeness (QED) is 0.727. The number of terminal acetylenes is 1. The van der Waals surface area contributed by atoms with Gasteiger partial charge in [-0.1, -0.05) is 37.1 Å². The summed E-state index contributed by atoms with van der Waals surface area (Å²) in [6.45, 7) is 2.88. The van der Waals surface area contributed by atoms with Gasteiger partial charge >= 0.3 is 0 Å². The van der Waals surface area contributed by atoms with Gasteiger partial charge in [0.2, 0.25) is 0 Å². The summed E-state index contributed by atoms with van der Waals surface area (Å²) in [6.07, 6.45) is 7.29. The van der Waals surface area contributed by atoms with Crippen LogP contribution >= 0.6 is 0 Å². The molecule has 0 fully saturated rings. The molecular weight excluding hydrogens is 232 g/mol. The third-order valence-corrected chi connectivity index (χ3v) is 2.93. The fraction of sp³-hybridized carbons (Fsp3) is 0.222. The number of hydrogen-bond acceptors (Lipinski definition) is 1. The second kappa shape index (κ2) is 6.66. The largest absolute Gasteiger partial charge is 0.494 e. The van der Waals surface area contributed by atoms with Crippen molar-refractivity contribution in [3.05, 3.63) is 65.2 Å². The number of rotatable bonds is 5. The molecule has 1 nitrogen and oxygen atoms in total. The lowest BCUT2D eigenvalue weighted by atomic mass is 10.0. The van der Waals surface area contributed by atoms with Crippen molar-refractivity contribution in [1.29, 1.82) is 0 Å². The Morgan fingerprint density at radius 2 is 1.53 bits per heavy atom. The van der Waals surface area contributed by atoms with E-state index >= 15 is 0 Å². The van der Waals surface area contributed by atoms with Crippen molar-refractivity contribution >= 4 is 0 Å². The second-order valence-corrected chi connectivity index (χ2v) is 4.51. The summed E-state index contributed by atoms with van der Waals surface area (Å²) in [7, 11) is 0. The van der Waals surface area contributed by atoms with Crippen LogP contribution in [-0.2, 0) is 6.42 Å². The average molecular weight is 250 g/mol. The topological polar surface area (TPSA) is 9.23 Å². The number of ether oxygens (including phenoxy) is 1. The Morgan fingerprint density at radius 3 is 2.05 bits per heavy atom. The Balaban J connectivity index is 2.00. The molecule has 0 radical (unpaired) electrons. The molecule has 2 aromatic carbocycles. The van der Waals surface area contributed by atoms with Crippen molar-refractivity contribution in [1.82, 2.24) is 0 Å². The van der Waals surface area contributed by atoms with E-state index in [0.29, 0.717) is 0 Å². The normalized spacial score (nSPS) is 9.89. The van der Waals surface area contributed by atoms with Gasteiger partial charge in [-0.2, -0.15) is 0 Å². The number of hydrogen-bond donors (Lipinski definition) is 0. The van der Waals surface area contributed by atoms with Gasteiger partial charge in [0, 0.05) is 5.56 Å². The van der Waals surface area contributed by atoms with E-state index in [-0.39, 0.29) is 0 Å². The zero-order chi connectivity index (χ0) is 13.5. The predicted molar refractivity (Wildman–Crippen MR) is 79.4 cm³/mol. The fourth-order valence-corrected chi connectivity index (χ4v) is 1.88. The monoisotopic (exact) mass is 250 g/mol. The molecule has 0 heterocycles. The third kappa shape index (κ3) is 3.89. The van der Waals surface area contributed by atoms with E-state index in [2.05, 4.69) is 37.1 Å². The highest BCUT2D eigenvalue weighted by Crippen LogP contribution is 2.16. The zero-order valence-electron chi connectivity index (χ0n) is 11.2. The highest BCUT2D eigenvalue weighted by atomic mass is 16.5. The van der Waals surface area contributed by atoms with Gasteiger partial charge < -0.3 is 4.74 Å². The summed E-state index contributed by atoms with van der Waals surface area (Å²) in [4.78, 5) is 0. The Labute approximate surface area is 115 Å². The first-order valence-corrected chi connectivity index (χ1v) is 6.59. The van der Waals surface area contributed by atoms with Gasteiger partial charge in [-0.25, -0.2) is 0 Å². The summed E-state index contributed by atoms with van der Waals surface area (Å²) in [5.41, 5.74) is 3.46. The lowest BCUT2D eigenvalue weighted by molar-refractivity contribution is 0.317. The van der Waals surface area contributed by atoms with Gasteiger partial charge in [-0.3, -0.25) is 0 Å². The molecule has 96 valence electrons. The van der Waals surface area contributed by atoms with Gasteiger partial charge in [0.25, 0.3) is 0 Å². The summed E-state index contributed by atoms with van der Waals surface area (Å²) in [5.74, 6) is 3.57. The molecule has 0 amide bonds. The summed E-state index contributed by atoms with van der Waals surface area (Å²) in [6, 6.07) is 16.4. The number of benzene rings is 2. The Hall–Kier alpha value is -2.20. The van der Waals surface area contributed by atoms with Crippen LogP contribution in [0.25, 0.3) is 0 Å². The maximum absolute atomic E-state index is 5.57. The van der Waals surface area contributed by atoms with E-state index in [4.69, 9.17) is 11.2 Å². The highest BCUT2D eigenvalue weighted by Gasteiger charge is 1.98. The molecule has 0 aliphatic heterocycles. The molecule has 2 aromatic rings. The molecule has 0 aliphatic carbocycles. The van der Waals surface area contributed by atoms with Gasteiger partial charge in [0.15, 0.2) is 0 Å². The zero-order valence-corrected chi connectivity index (χ0v) is 11.2. The van der Waals surface area contributed by atoms with Crippen LogP contribution in [0.5, 0.6) is 5.75 Å². The van der Waals surface area contributed by atoms with Gasteiger partial charge in [0.05, 0.1) is 6.61 Å². The summed E-state index contributed by atoms with van der Waals surface area (Å²) < 4.78 is 5.57. The first kappa shape index (κ1) is 13.2. The third-order valence-electron chi connectivity index (χ3n) is 2.93. The van der Waals surface area contributed by atoms with Crippen LogP contribution in [0.1, 0.15) is 30.0 Å². The molecular formula is C18H18O. The van der Waals surface area contributed by atoms with Crippen molar-refractivity contribution in [2.45, 2.75) is 19.8 Å². The van der Waals surface area contributed by atoms with Crippen LogP contribution in [0, 0.1) is 12.3 Å². The van der Waals surface area contributed by atoms with Crippen LogP contribution in [0.4, 0.5) is 0 Å². The highest BCUT2D eigenvalue weighted by molar-refractivity contribution is 5.37. The first-order chi connectivity index (χ1) is 9.31. The van der Waals surface area contributed by atoms with Gasteiger partial charge in [-0.05, 0) is 48.2 Å². The van der Waals surface area contributed by atoms with E-state index in [9.17, 15) is 0 Å². The SMILES string of the molecule is C#Cc1ccc(Cc2ccc(OCCC)cc2)cc1. The van der Waals surface area contributed by atoms with Crippen LogP contribution in [0.3, 0.4) is 0 Å². The minimum atomic E-state index is 0.771. The second-order valence-electron chi connectivity index (χ2n) is 4.51. The molecule has 0 bridgehead atoms. The van der Waals surface area contributed by atoms with Crippen molar-refractivity contribution in [3.8, 4) is 18.1 Å². The Bertz CT molecular complexity index is 544. The smallest absolute Gasteiger partial charge is 0.119 e. The molecule has 0 aliphatic rings. The Kier molecular flexibility index (Phi) is 4.64. The van der Waals surface area contributed by atoms with E-state index in [0.717, 1.165) is 30.8 Å². The molecule has 0 atom stereocenters. The molecule has 0 aromatic heterocycles. The maximum atomic E-state index is 5.57. The van der Waals surface area contributed by atoms with E-state index in [1.807, 2.05) is 24.3 Å². The van der Waals surface area contributed by atoms with E-state index in [1.54, 1.807) is 0 Å². The van der Waals surface area contributed by atoms with Crippen molar-refractivity contribution in [3.63, 3.8) is 0 Å². The van der Waals surface area contributed by atoms with Crippen LogP contribution in [0.2, 0.25) is 0 Å². The van der Waals surface area contributed by atoms with Crippen molar-refractivity contribution in [2.24, 2.45) is 0 Å². The maximum Gasteiger partial charge on any atom is 0.119 e. The molecule has 2 rings (SSSR count). The lowest BCUT2D eigenvalue weighted by Crippen LogP contribution is -1.95. The van der Waals surface area contributed by atoms with Crippen LogP contribution in [0.15, 0.2) is 48.5 Å². The molecule has 0 unspecified atom stereocenters. The molecule has 0 saturated carbocycles. The van der Waals surface area contributed by atoms with Crippen LogP contribution in [-0.4, -0.2) is 6.61 Å². The average Bonchev–Trinajstić information content (AvgIpc) is 2.47. The first-order valence-electron chi connectivity index (χ1n) is 6.59. The lowest BCUT2D eigenvalue weighted by Gasteiger charge is -2.06. The molecule has 19 heavy (non-hydrogen) atoms. The molecule has 0 spiro atoms. The molecule has 1 heteroatoms. The molecule has 0 N–H and O–H groups in total. The van der Waals surface area contributed by atoms with E-state index < -0.39 is 0 Å². The van der Waals surface area contributed by atoms with Gasteiger partial charge in [0.1, 0.15) is 5.75 Å². The van der Waals surface area contributed by atoms with Crippen molar-refractivity contribution in [2.75, 3.05) is 6.61 Å². The van der Waals surface area contributed by atoms with E-state index in [1.165, 1.54) is 11.1 Å². The summed E-state index contributed by atoms with van der Waals surface area (Å²) >= 11 is 0. The van der Waals surface area contributed by atoms with Gasteiger partial charge in [-0.15, -0.1) is 6.42 Å². The standard InChI is InChI=1S/C18H18O/c1-3-13-19-18-11-9-17(10-12-18)14-16-7-5-15(4-2)6-8-16/h2,5-12H,3,13-14H2,1H3. The minimum absolute atomic E-state index is 0.771. The Morgan fingerprint density at radius 1 is 0.947 bits per heavy atom.